The van der Waals surface area contributed by atoms with Crippen LogP contribution in [0.4, 0.5) is 11.4 Å². The van der Waals surface area contributed by atoms with E-state index in [9.17, 15) is 4.79 Å². The van der Waals surface area contributed by atoms with Crippen LogP contribution in [0.2, 0.25) is 0 Å². The van der Waals surface area contributed by atoms with Crippen molar-refractivity contribution in [1.82, 2.24) is 10.2 Å². The zero-order valence-electron chi connectivity index (χ0n) is 8.72. The molecule has 86 valence electrons. The molecule has 6 heteroatoms. The van der Waals surface area contributed by atoms with Crippen LogP contribution in [0.25, 0.3) is 0 Å². The number of nitrogens with one attached hydrogen (secondary N) is 1. The van der Waals surface area contributed by atoms with Crippen molar-refractivity contribution >= 4 is 33.2 Å². The van der Waals surface area contributed by atoms with E-state index in [1.807, 2.05) is 0 Å². The van der Waals surface area contributed by atoms with Gasteiger partial charge in [-0.15, -0.1) is 0 Å². The van der Waals surface area contributed by atoms with Gasteiger partial charge in [0.15, 0.2) is 0 Å². The van der Waals surface area contributed by atoms with Gasteiger partial charge in [0.2, 0.25) is 0 Å². The third kappa shape index (κ3) is 2.79. The van der Waals surface area contributed by atoms with Crippen LogP contribution in [0.1, 0.15) is 10.4 Å². The number of carbonyl (C=O) groups excluding carboxylic acids is 1. The van der Waals surface area contributed by atoms with Gasteiger partial charge in [-0.3, -0.25) is 4.79 Å². The van der Waals surface area contributed by atoms with Crippen molar-refractivity contribution < 1.29 is 4.79 Å². The summed E-state index contributed by atoms with van der Waals surface area (Å²) in [4.78, 5) is 11.8. The van der Waals surface area contributed by atoms with Gasteiger partial charge in [0, 0.05) is 4.47 Å². The van der Waals surface area contributed by atoms with Crippen molar-refractivity contribution in [2.75, 3.05) is 11.1 Å². The molecule has 17 heavy (non-hydrogen) atoms. The monoisotopic (exact) mass is 292 g/mol. The first-order valence-corrected chi connectivity index (χ1v) is 5.59. The number of nitrogen functional groups attached to an aromatic ring is 1. The summed E-state index contributed by atoms with van der Waals surface area (Å²) in [5.74, 6) is -0.270. The van der Waals surface area contributed by atoms with Crippen LogP contribution >= 0.6 is 15.9 Å². The summed E-state index contributed by atoms with van der Waals surface area (Å²) in [6.45, 7) is 0. The number of anilines is 2. The molecule has 3 N–H and O–H groups in total. The Labute approximate surface area is 106 Å². The third-order valence-corrected chi connectivity index (χ3v) is 2.60. The topological polar surface area (TPSA) is 80.9 Å². The first kappa shape index (κ1) is 11.5. The Bertz CT molecular complexity index is 544. The highest BCUT2D eigenvalue weighted by Crippen LogP contribution is 2.23. The van der Waals surface area contributed by atoms with E-state index in [0.717, 1.165) is 4.47 Å². The summed E-state index contributed by atoms with van der Waals surface area (Å²) < 4.78 is 0.860. The lowest BCUT2D eigenvalue weighted by atomic mass is 10.2. The number of amides is 1. The highest BCUT2D eigenvalue weighted by Gasteiger charge is 2.08. The van der Waals surface area contributed by atoms with E-state index in [0.29, 0.717) is 16.9 Å². The van der Waals surface area contributed by atoms with Gasteiger partial charge in [-0.05, 0) is 24.3 Å². The Balaban J connectivity index is 2.19. The lowest BCUT2D eigenvalue weighted by Gasteiger charge is -2.07. The number of hydrogen-bond acceptors (Lipinski definition) is 4. The summed E-state index contributed by atoms with van der Waals surface area (Å²) >= 11 is 3.30. The average molecular weight is 293 g/mol. The normalized spacial score (nSPS) is 9.94. The molecule has 0 saturated carbocycles. The van der Waals surface area contributed by atoms with E-state index >= 15 is 0 Å². The molecule has 0 aliphatic carbocycles. The van der Waals surface area contributed by atoms with Gasteiger partial charge in [-0.25, -0.2) is 0 Å². The second-order valence-electron chi connectivity index (χ2n) is 3.32. The van der Waals surface area contributed by atoms with Crippen molar-refractivity contribution in [3.05, 3.63) is 46.7 Å². The van der Waals surface area contributed by atoms with Crippen molar-refractivity contribution in [2.24, 2.45) is 0 Å². The smallest absolute Gasteiger partial charge is 0.257 e. The second kappa shape index (κ2) is 4.92. The first-order chi connectivity index (χ1) is 8.16. The van der Waals surface area contributed by atoms with Crippen LogP contribution in [-0.4, -0.2) is 16.1 Å². The van der Waals surface area contributed by atoms with Crippen LogP contribution in [0.3, 0.4) is 0 Å². The fraction of sp³-hybridized carbons (Fsp3) is 0. The molecule has 1 heterocycles. The summed E-state index contributed by atoms with van der Waals surface area (Å²) in [5, 5.41) is 9.94. The van der Waals surface area contributed by atoms with Gasteiger partial charge in [0.05, 0.1) is 29.3 Å². The number of hydrogen-bond donors (Lipinski definition) is 2. The van der Waals surface area contributed by atoms with Crippen molar-refractivity contribution in [2.45, 2.75) is 0 Å². The summed E-state index contributed by atoms with van der Waals surface area (Å²) in [6.07, 6.45) is 2.85. The van der Waals surface area contributed by atoms with Gasteiger partial charge in [-0.1, -0.05) is 15.9 Å². The minimum atomic E-state index is -0.270. The zero-order valence-corrected chi connectivity index (χ0v) is 10.3. The van der Waals surface area contributed by atoms with Gasteiger partial charge >= 0.3 is 0 Å². The molecule has 1 amide bonds. The maximum Gasteiger partial charge on any atom is 0.257 e. The van der Waals surface area contributed by atoms with Gasteiger partial charge in [0.1, 0.15) is 0 Å². The second-order valence-corrected chi connectivity index (χ2v) is 4.23. The van der Waals surface area contributed by atoms with E-state index in [1.54, 1.807) is 24.3 Å². The molecule has 2 rings (SSSR count). The number of aromatic nitrogens is 2. The van der Waals surface area contributed by atoms with Crippen LogP contribution in [0.5, 0.6) is 0 Å². The number of benzene rings is 1. The number of rotatable bonds is 2. The van der Waals surface area contributed by atoms with Gasteiger partial charge in [0.25, 0.3) is 5.91 Å². The van der Waals surface area contributed by atoms with Crippen LogP contribution in [-0.2, 0) is 0 Å². The van der Waals surface area contributed by atoms with E-state index in [4.69, 9.17) is 5.73 Å². The van der Waals surface area contributed by atoms with Crippen molar-refractivity contribution in [3.8, 4) is 0 Å². The predicted octanol–water partition coefficient (Wildman–Crippen LogP) is 2.07. The minimum Gasteiger partial charge on any atom is -0.397 e. The molecule has 1 aromatic carbocycles. The molecule has 0 atom stereocenters. The molecule has 0 saturated heterocycles. The number of carbonyl (C=O) groups is 1. The fourth-order valence-electron chi connectivity index (χ4n) is 1.27. The standard InChI is InChI=1S/C11H9BrN4O/c12-8-1-2-10(9(13)5-8)16-11(17)7-3-4-14-15-6-7/h1-6H,13H2,(H,16,17). The average Bonchev–Trinajstić information content (AvgIpc) is 2.34. The predicted molar refractivity (Wildman–Crippen MR) is 68.5 cm³/mol. The molecule has 0 aliphatic heterocycles. The maximum atomic E-state index is 11.8. The third-order valence-electron chi connectivity index (χ3n) is 2.11. The Hall–Kier alpha value is -1.95. The molecule has 2 aromatic rings. The molecule has 0 unspecified atom stereocenters. The van der Waals surface area contributed by atoms with E-state index in [-0.39, 0.29) is 5.91 Å². The largest absolute Gasteiger partial charge is 0.397 e. The molecule has 0 radical (unpaired) electrons. The van der Waals surface area contributed by atoms with Crippen molar-refractivity contribution in [3.63, 3.8) is 0 Å². The molecular formula is C11H9BrN4O. The van der Waals surface area contributed by atoms with Gasteiger partial charge < -0.3 is 11.1 Å². The van der Waals surface area contributed by atoms with E-state index in [2.05, 4.69) is 31.4 Å². The fourth-order valence-corrected chi connectivity index (χ4v) is 1.65. The molecule has 0 spiro atoms. The van der Waals surface area contributed by atoms with Crippen LogP contribution in [0.15, 0.2) is 41.1 Å². The molecule has 1 aromatic heterocycles. The molecule has 5 nitrogen and oxygen atoms in total. The minimum absolute atomic E-state index is 0.270. The Morgan fingerprint density at radius 2 is 2.12 bits per heavy atom. The molecule has 0 bridgehead atoms. The first-order valence-electron chi connectivity index (χ1n) is 4.80. The Kier molecular flexibility index (Phi) is 3.34. The SMILES string of the molecule is Nc1cc(Br)ccc1NC(=O)c1ccnnc1. The number of halogens is 1. The number of nitrogens with two attached hydrogens (primary N) is 1. The summed E-state index contributed by atoms with van der Waals surface area (Å²) in [6, 6.07) is 6.83. The Morgan fingerprint density at radius 3 is 2.76 bits per heavy atom. The summed E-state index contributed by atoms with van der Waals surface area (Å²) in [5.41, 5.74) is 7.27. The van der Waals surface area contributed by atoms with Crippen molar-refractivity contribution in [1.29, 1.82) is 0 Å². The maximum absolute atomic E-state index is 11.8. The highest BCUT2D eigenvalue weighted by molar-refractivity contribution is 9.10. The lowest BCUT2D eigenvalue weighted by Crippen LogP contribution is -2.13. The van der Waals surface area contributed by atoms with Crippen LogP contribution < -0.4 is 11.1 Å². The van der Waals surface area contributed by atoms with Gasteiger partial charge in [-0.2, -0.15) is 10.2 Å². The highest BCUT2D eigenvalue weighted by atomic mass is 79.9. The molecule has 0 aliphatic rings. The van der Waals surface area contributed by atoms with E-state index < -0.39 is 0 Å². The number of nitrogens with zero attached hydrogens (tertiary/aromatic N) is 2. The van der Waals surface area contributed by atoms with Crippen LogP contribution in [0, 0.1) is 0 Å². The van der Waals surface area contributed by atoms with E-state index in [1.165, 1.54) is 12.4 Å². The molecule has 0 fully saturated rings. The lowest BCUT2D eigenvalue weighted by molar-refractivity contribution is 0.102. The molecular weight excluding hydrogens is 284 g/mol. The zero-order chi connectivity index (χ0) is 12.3. The Morgan fingerprint density at radius 1 is 1.29 bits per heavy atom. The summed E-state index contributed by atoms with van der Waals surface area (Å²) in [7, 11) is 0. The quantitative estimate of drug-likeness (QED) is 0.831.